The number of aryl methyl sites for hydroxylation is 1. The number of fused-ring (bicyclic) bond motifs is 2. The fraction of sp³-hybridized carbons (Fsp3) is 0.565. The maximum Gasteiger partial charge on any atom is 0.338 e. The summed E-state index contributed by atoms with van der Waals surface area (Å²) in [6.07, 6.45) is 8.22. The Morgan fingerprint density at radius 3 is 2.83 bits per heavy atom. The fourth-order valence-electron chi connectivity index (χ4n) is 4.54. The molecule has 0 spiro atoms. The molecule has 30 heavy (non-hydrogen) atoms. The molecule has 7 nitrogen and oxygen atoms in total. The number of amides is 1. The Balaban J connectivity index is 1.44. The van der Waals surface area contributed by atoms with Crippen LogP contribution in [-0.2, 0) is 22.5 Å². The van der Waals surface area contributed by atoms with Crippen molar-refractivity contribution in [2.75, 3.05) is 6.61 Å². The van der Waals surface area contributed by atoms with E-state index in [1.807, 2.05) is 0 Å². The Hall–Kier alpha value is -2.70. The van der Waals surface area contributed by atoms with Crippen molar-refractivity contribution in [3.05, 3.63) is 39.9 Å². The Bertz CT molecular complexity index is 1010. The maximum atomic E-state index is 12.8. The van der Waals surface area contributed by atoms with Crippen LogP contribution in [0.5, 0.6) is 0 Å². The van der Waals surface area contributed by atoms with Gasteiger partial charge >= 0.3 is 5.97 Å². The summed E-state index contributed by atoms with van der Waals surface area (Å²) in [5.74, 6) is 0.362. The van der Waals surface area contributed by atoms with Crippen LogP contribution >= 0.6 is 0 Å². The van der Waals surface area contributed by atoms with Gasteiger partial charge in [0.05, 0.1) is 16.5 Å². The lowest BCUT2D eigenvalue weighted by atomic mass is 9.86. The number of aromatic nitrogens is 2. The lowest BCUT2D eigenvalue weighted by molar-refractivity contribution is -0.125. The minimum Gasteiger partial charge on any atom is -0.452 e. The first-order valence-corrected chi connectivity index (χ1v) is 11.0. The lowest BCUT2D eigenvalue weighted by Gasteiger charge is -2.29. The number of nitrogens with zero attached hydrogens (tertiary/aromatic N) is 2. The Morgan fingerprint density at radius 1 is 1.17 bits per heavy atom. The van der Waals surface area contributed by atoms with Gasteiger partial charge in [-0.15, -0.1) is 0 Å². The van der Waals surface area contributed by atoms with Gasteiger partial charge in [-0.1, -0.05) is 26.2 Å². The molecule has 1 saturated carbocycles. The zero-order chi connectivity index (χ0) is 21.1. The van der Waals surface area contributed by atoms with Crippen LogP contribution in [0.3, 0.4) is 0 Å². The van der Waals surface area contributed by atoms with Gasteiger partial charge in [0.15, 0.2) is 6.61 Å². The summed E-state index contributed by atoms with van der Waals surface area (Å²) in [5.41, 5.74) is 0.743. The summed E-state index contributed by atoms with van der Waals surface area (Å²) in [6.45, 7) is 2.53. The molecule has 1 amide bonds. The molecule has 2 atom stereocenters. The Kier molecular flexibility index (Phi) is 6.16. The van der Waals surface area contributed by atoms with Crippen molar-refractivity contribution in [1.29, 1.82) is 0 Å². The van der Waals surface area contributed by atoms with Gasteiger partial charge in [0, 0.05) is 19.0 Å². The molecule has 2 aromatic rings. The number of benzene rings is 1. The summed E-state index contributed by atoms with van der Waals surface area (Å²) >= 11 is 0. The molecule has 160 valence electrons. The van der Waals surface area contributed by atoms with E-state index in [4.69, 9.17) is 4.74 Å². The summed E-state index contributed by atoms with van der Waals surface area (Å²) in [6, 6.07) is 4.94. The molecule has 0 radical (unpaired) electrons. The van der Waals surface area contributed by atoms with Crippen LogP contribution in [0.4, 0.5) is 0 Å². The summed E-state index contributed by atoms with van der Waals surface area (Å²) in [7, 11) is 0. The predicted octanol–water partition coefficient (Wildman–Crippen LogP) is 2.97. The smallest absolute Gasteiger partial charge is 0.338 e. The van der Waals surface area contributed by atoms with Crippen LogP contribution in [0, 0.1) is 5.92 Å². The summed E-state index contributed by atoms with van der Waals surface area (Å²) in [4.78, 5) is 42.1. The molecule has 2 heterocycles. The second kappa shape index (κ2) is 8.98. The van der Waals surface area contributed by atoms with Gasteiger partial charge in [-0.3, -0.25) is 14.2 Å². The van der Waals surface area contributed by atoms with Crippen LogP contribution in [-0.4, -0.2) is 34.1 Å². The molecule has 1 aromatic heterocycles. The van der Waals surface area contributed by atoms with Crippen LogP contribution in [0.2, 0.25) is 0 Å². The van der Waals surface area contributed by atoms with E-state index in [2.05, 4.69) is 17.2 Å². The molecule has 1 aromatic carbocycles. The Labute approximate surface area is 175 Å². The monoisotopic (exact) mass is 411 g/mol. The third-order valence-corrected chi connectivity index (χ3v) is 6.34. The van der Waals surface area contributed by atoms with Crippen molar-refractivity contribution >= 4 is 22.8 Å². The molecule has 1 aliphatic carbocycles. The first-order valence-electron chi connectivity index (χ1n) is 11.0. The van der Waals surface area contributed by atoms with E-state index in [1.165, 1.54) is 6.42 Å². The third-order valence-electron chi connectivity index (χ3n) is 6.34. The van der Waals surface area contributed by atoms with Crippen LogP contribution < -0.4 is 10.9 Å². The Morgan fingerprint density at radius 2 is 2.00 bits per heavy atom. The molecule has 1 aliphatic heterocycles. The normalized spacial score (nSPS) is 21.5. The zero-order valence-electron chi connectivity index (χ0n) is 17.5. The molecular formula is C23H29N3O4. The fourth-order valence-corrected chi connectivity index (χ4v) is 4.54. The molecular weight excluding hydrogens is 382 g/mol. The molecule has 7 heteroatoms. The van der Waals surface area contributed by atoms with Crippen LogP contribution in [0.1, 0.15) is 68.1 Å². The first-order chi connectivity index (χ1) is 14.5. The SMILES string of the molecule is CC1CCCCC1NC(=O)COC(=O)c1ccc2c(=O)n3c(nc2c1)CCCCC3. The van der Waals surface area contributed by atoms with Gasteiger partial charge in [-0.2, -0.15) is 0 Å². The first kappa shape index (κ1) is 20.6. The largest absolute Gasteiger partial charge is 0.452 e. The van der Waals surface area contributed by atoms with Crippen molar-refractivity contribution in [2.45, 2.75) is 70.9 Å². The predicted molar refractivity (Wildman–Crippen MR) is 113 cm³/mol. The van der Waals surface area contributed by atoms with Crippen LogP contribution in [0.15, 0.2) is 23.0 Å². The average molecular weight is 412 g/mol. The van der Waals surface area contributed by atoms with Gasteiger partial charge < -0.3 is 10.1 Å². The number of hydrogen-bond donors (Lipinski definition) is 1. The number of nitrogens with one attached hydrogen (secondary N) is 1. The van der Waals surface area contributed by atoms with Gasteiger partial charge in [-0.05, 0) is 49.8 Å². The quantitative estimate of drug-likeness (QED) is 0.781. The average Bonchev–Trinajstić information content (AvgIpc) is 2.99. The molecule has 4 rings (SSSR count). The van der Waals surface area contributed by atoms with Crippen molar-refractivity contribution in [3.8, 4) is 0 Å². The molecule has 1 N–H and O–H groups in total. The van der Waals surface area contributed by atoms with E-state index in [1.54, 1.807) is 22.8 Å². The minimum atomic E-state index is -0.583. The summed E-state index contributed by atoms with van der Waals surface area (Å²) < 4.78 is 6.97. The number of ether oxygens (including phenoxy) is 1. The highest BCUT2D eigenvalue weighted by Gasteiger charge is 2.23. The van der Waals surface area contributed by atoms with E-state index >= 15 is 0 Å². The number of esters is 1. The summed E-state index contributed by atoms with van der Waals surface area (Å²) in [5, 5.41) is 3.48. The highest BCUT2D eigenvalue weighted by molar-refractivity contribution is 5.95. The van der Waals surface area contributed by atoms with E-state index in [9.17, 15) is 14.4 Å². The van der Waals surface area contributed by atoms with Crippen molar-refractivity contribution in [2.24, 2.45) is 5.92 Å². The second-order valence-corrected chi connectivity index (χ2v) is 8.54. The number of carbonyl (C=O) groups is 2. The second-order valence-electron chi connectivity index (χ2n) is 8.54. The lowest BCUT2D eigenvalue weighted by Crippen LogP contribution is -2.42. The number of rotatable bonds is 4. The maximum absolute atomic E-state index is 12.8. The van der Waals surface area contributed by atoms with E-state index in [0.717, 1.165) is 50.8 Å². The molecule has 0 saturated heterocycles. The van der Waals surface area contributed by atoms with E-state index in [-0.39, 0.29) is 24.1 Å². The van der Waals surface area contributed by atoms with E-state index in [0.29, 0.717) is 28.9 Å². The van der Waals surface area contributed by atoms with Gasteiger partial charge in [-0.25, -0.2) is 9.78 Å². The number of hydrogen-bond acceptors (Lipinski definition) is 5. The number of carbonyl (C=O) groups excluding carboxylic acids is 2. The van der Waals surface area contributed by atoms with Gasteiger partial charge in [0.2, 0.25) is 0 Å². The van der Waals surface area contributed by atoms with Gasteiger partial charge in [0.1, 0.15) is 5.82 Å². The van der Waals surface area contributed by atoms with E-state index < -0.39 is 5.97 Å². The molecule has 2 unspecified atom stereocenters. The molecule has 0 bridgehead atoms. The zero-order valence-corrected chi connectivity index (χ0v) is 17.5. The highest BCUT2D eigenvalue weighted by atomic mass is 16.5. The minimum absolute atomic E-state index is 0.0576. The van der Waals surface area contributed by atoms with Gasteiger partial charge in [0.25, 0.3) is 11.5 Å². The van der Waals surface area contributed by atoms with Crippen LogP contribution in [0.25, 0.3) is 10.9 Å². The van der Waals surface area contributed by atoms with Crippen molar-refractivity contribution in [3.63, 3.8) is 0 Å². The topological polar surface area (TPSA) is 90.3 Å². The van der Waals surface area contributed by atoms with Crippen molar-refractivity contribution in [1.82, 2.24) is 14.9 Å². The molecule has 1 fully saturated rings. The highest BCUT2D eigenvalue weighted by Crippen LogP contribution is 2.23. The third kappa shape index (κ3) is 4.40. The molecule has 2 aliphatic rings. The standard InChI is InChI=1S/C23H29N3O4/c1-15-7-4-5-8-18(15)25-21(27)14-30-23(29)16-10-11-17-19(13-16)24-20-9-3-2-6-12-26(20)22(17)28/h10-11,13,15,18H,2-9,12,14H2,1H3,(H,25,27). The van der Waals surface area contributed by atoms with Crippen molar-refractivity contribution < 1.29 is 14.3 Å².